The fraction of sp³-hybridized carbons (Fsp3) is 0.545. The third-order valence-corrected chi connectivity index (χ3v) is 4.52. The van der Waals surface area contributed by atoms with Crippen molar-refractivity contribution >= 4 is 16.0 Å². The van der Waals surface area contributed by atoms with Gasteiger partial charge < -0.3 is 13.9 Å². The SMILES string of the molecule is COC(=O)c1ccc(S(=O)(=O)N2CCCOCC2)o1. The Hall–Kier alpha value is -1.38. The van der Waals surface area contributed by atoms with E-state index in [9.17, 15) is 13.2 Å². The number of ether oxygens (including phenoxy) is 2. The molecule has 0 aliphatic carbocycles. The van der Waals surface area contributed by atoms with Crippen LogP contribution in [0.4, 0.5) is 0 Å². The molecule has 1 fully saturated rings. The van der Waals surface area contributed by atoms with E-state index in [1.807, 2.05) is 0 Å². The van der Waals surface area contributed by atoms with Crippen LogP contribution in [0.25, 0.3) is 0 Å². The van der Waals surface area contributed by atoms with E-state index in [1.54, 1.807) is 0 Å². The summed E-state index contributed by atoms with van der Waals surface area (Å²) in [6.07, 6.45) is 0.629. The molecule has 7 nitrogen and oxygen atoms in total. The summed E-state index contributed by atoms with van der Waals surface area (Å²) >= 11 is 0. The number of carbonyl (C=O) groups is 1. The minimum Gasteiger partial charge on any atom is -0.463 e. The first-order chi connectivity index (χ1) is 9.05. The van der Waals surface area contributed by atoms with Crippen molar-refractivity contribution in [3.63, 3.8) is 0 Å². The number of furan rings is 1. The zero-order chi connectivity index (χ0) is 13.9. The fourth-order valence-corrected chi connectivity index (χ4v) is 3.13. The molecule has 1 aromatic heterocycles. The summed E-state index contributed by atoms with van der Waals surface area (Å²) in [5.41, 5.74) is 0. The maximum absolute atomic E-state index is 12.3. The summed E-state index contributed by atoms with van der Waals surface area (Å²) in [6.45, 7) is 1.54. The van der Waals surface area contributed by atoms with Crippen LogP contribution >= 0.6 is 0 Å². The van der Waals surface area contributed by atoms with E-state index in [1.165, 1.54) is 23.5 Å². The lowest BCUT2D eigenvalue weighted by atomic mass is 10.5. The van der Waals surface area contributed by atoms with Crippen LogP contribution in [0.5, 0.6) is 0 Å². The molecular weight excluding hydrogens is 274 g/mol. The number of sulfonamides is 1. The minimum atomic E-state index is -3.73. The molecule has 0 atom stereocenters. The van der Waals surface area contributed by atoms with E-state index in [-0.39, 0.29) is 17.4 Å². The highest BCUT2D eigenvalue weighted by Gasteiger charge is 2.29. The Labute approximate surface area is 111 Å². The number of methoxy groups -OCH3 is 1. The molecule has 0 bridgehead atoms. The molecule has 2 rings (SSSR count). The zero-order valence-electron chi connectivity index (χ0n) is 10.5. The van der Waals surface area contributed by atoms with Crippen molar-refractivity contribution in [3.05, 3.63) is 17.9 Å². The molecule has 0 unspecified atom stereocenters. The highest BCUT2D eigenvalue weighted by molar-refractivity contribution is 7.89. The Morgan fingerprint density at radius 3 is 2.84 bits per heavy atom. The smallest absolute Gasteiger partial charge is 0.374 e. The average Bonchev–Trinajstić information content (AvgIpc) is 2.74. The monoisotopic (exact) mass is 289 g/mol. The van der Waals surface area contributed by atoms with Crippen molar-refractivity contribution in [2.75, 3.05) is 33.4 Å². The fourth-order valence-electron chi connectivity index (χ4n) is 1.76. The number of hydrogen-bond donors (Lipinski definition) is 0. The van der Waals surface area contributed by atoms with E-state index < -0.39 is 16.0 Å². The number of rotatable bonds is 3. The predicted molar refractivity (Wildman–Crippen MR) is 64.2 cm³/mol. The molecule has 1 aromatic rings. The molecule has 0 amide bonds. The lowest BCUT2D eigenvalue weighted by molar-refractivity contribution is 0.0558. The standard InChI is InChI=1S/C11H15NO6S/c1-16-11(13)9-3-4-10(18-9)19(14,15)12-5-2-7-17-8-6-12/h3-4H,2,5-8H2,1H3. The lowest BCUT2D eigenvalue weighted by Gasteiger charge is -2.17. The largest absolute Gasteiger partial charge is 0.463 e. The normalized spacial score (nSPS) is 17.9. The van der Waals surface area contributed by atoms with Gasteiger partial charge in [0.2, 0.25) is 10.9 Å². The van der Waals surface area contributed by atoms with Gasteiger partial charge >= 0.3 is 5.97 Å². The Kier molecular flexibility index (Phi) is 4.23. The highest BCUT2D eigenvalue weighted by atomic mass is 32.2. The van der Waals surface area contributed by atoms with Gasteiger partial charge in [0.15, 0.2) is 0 Å². The van der Waals surface area contributed by atoms with Crippen molar-refractivity contribution in [3.8, 4) is 0 Å². The molecule has 2 heterocycles. The molecule has 0 aromatic carbocycles. The Balaban J connectivity index is 2.23. The van der Waals surface area contributed by atoms with Crippen LogP contribution in [0, 0.1) is 0 Å². The Bertz CT molecular complexity index is 541. The molecule has 0 spiro atoms. The Morgan fingerprint density at radius 2 is 2.11 bits per heavy atom. The Morgan fingerprint density at radius 1 is 1.32 bits per heavy atom. The van der Waals surface area contributed by atoms with Gasteiger partial charge in [-0.25, -0.2) is 13.2 Å². The van der Waals surface area contributed by atoms with E-state index in [0.29, 0.717) is 26.2 Å². The molecule has 1 saturated heterocycles. The van der Waals surface area contributed by atoms with E-state index in [0.717, 1.165) is 0 Å². The van der Waals surface area contributed by atoms with Crippen LogP contribution in [0.3, 0.4) is 0 Å². The van der Waals surface area contributed by atoms with Gasteiger partial charge in [0.1, 0.15) is 0 Å². The van der Waals surface area contributed by atoms with Crippen molar-refractivity contribution in [2.45, 2.75) is 11.5 Å². The van der Waals surface area contributed by atoms with Crippen molar-refractivity contribution < 1.29 is 27.1 Å². The topological polar surface area (TPSA) is 86.1 Å². The molecule has 1 aliphatic heterocycles. The van der Waals surface area contributed by atoms with Crippen LogP contribution in [-0.4, -0.2) is 52.1 Å². The van der Waals surface area contributed by atoms with Crippen molar-refractivity contribution in [1.82, 2.24) is 4.31 Å². The maximum atomic E-state index is 12.3. The predicted octanol–water partition coefficient (Wildman–Crippen LogP) is 0.477. The summed E-state index contributed by atoms with van der Waals surface area (Å²) in [5, 5.41) is -0.255. The molecule has 106 valence electrons. The number of esters is 1. The first-order valence-corrected chi connectivity index (χ1v) is 7.26. The number of nitrogens with zero attached hydrogens (tertiary/aromatic N) is 1. The van der Waals surface area contributed by atoms with E-state index in [2.05, 4.69) is 4.74 Å². The van der Waals surface area contributed by atoms with Crippen LogP contribution in [0.15, 0.2) is 21.6 Å². The van der Waals surface area contributed by atoms with Gasteiger partial charge in [0.05, 0.1) is 13.7 Å². The minimum absolute atomic E-state index is 0.132. The molecular formula is C11H15NO6S. The second kappa shape index (κ2) is 5.72. The summed E-state index contributed by atoms with van der Waals surface area (Å²) in [6, 6.07) is 2.54. The first-order valence-electron chi connectivity index (χ1n) is 5.82. The zero-order valence-corrected chi connectivity index (χ0v) is 11.3. The van der Waals surface area contributed by atoms with Gasteiger partial charge in [-0.15, -0.1) is 0 Å². The number of carbonyl (C=O) groups excluding carboxylic acids is 1. The van der Waals surface area contributed by atoms with E-state index in [4.69, 9.17) is 9.15 Å². The van der Waals surface area contributed by atoms with Crippen LogP contribution in [0.2, 0.25) is 0 Å². The van der Waals surface area contributed by atoms with Crippen molar-refractivity contribution in [1.29, 1.82) is 0 Å². The second-order valence-electron chi connectivity index (χ2n) is 3.98. The molecule has 0 N–H and O–H groups in total. The lowest BCUT2D eigenvalue weighted by Crippen LogP contribution is -2.33. The van der Waals surface area contributed by atoms with Crippen LogP contribution in [0.1, 0.15) is 17.0 Å². The molecule has 0 saturated carbocycles. The van der Waals surface area contributed by atoms with Gasteiger partial charge in [0, 0.05) is 19.7 Å². The molecule has 1 aliphatic rings. The van der Waals surface area contributed by atoms with Gasteiger partial charge in [-0.05, 0) is 18.6 Å². The second-order valence-corrected chi connectivity index (χ2v) is 5.85. The van der Waals surface area contributed by atoms with Gasteiger partial charge in [-0.1, -0.05) is 0 Å². The van der Waals surface area contributed by atoms with Gasteiger partial charge in [0.25, 0.3) is 10.0 Å². The summed E-state index contributed by atoms with van der Waals surface area (Å²) in [7, 11) is -2.53. The van der Waals surface area contributed by atoms with Gasteiger partial charge in [-0.3, -0.25) is 0 Å². The molecule has 8 heteroatoms. The molecule has 19 heavy (non-hydrogen) atoms. The molecule has 0 radical (unpaired) electrons. The first kappa shape index (κ1) is 14.0. The third-order valence-electron chi connectivity index (χ3n) is 2.74. The third kappa shape index (κ3) is 2.96. The quantitative estimate of drug-likeness (QED) is 0.752. The van der Waals surface area contributed by atoms with Crippen LogP contribution < -0.4 is 0 Å². The summed E-state index contributed by atoms with van der Waals surface area (Å²) < 4.78 is 40.6. The van der Waals surface area contributed by atoms with Crippen molar-refractivity contribution in [2.24, 2.45) is 0 Å². The maximum Gasteiger partial charge on any atom is 0.374 e. The summed E-state index contributed by atoms with van der Waals surface area (Å²) in [5.74, 6) is -0.840. The highest BCUT2D eigenvalue weighted by Crippen LogP contribution is 2.20. The van der Waals surface area contributed by atoms with Gasteiger partial charge in [-0.2, -0.15) is 4.31 Å². The number of hydrogen-bond acceptors (Lipinski definition) is 6. The van der Waals surface area contributed by atoms with Crippen LogP contribution in [-0.2, 0) is 19.5 Å². The summed E-state index contributed by atoms with van der Waals surface area (Å²) in [4.78, 5) is 11.2. The van der Waals surface area contributed by atoms with E-state index >= 15 is 0 Å². The average molecular weight is 289 g/mol.